The van der Waals surface area contributed by atoms with Crippen LogP contribution in [0.15, 0.2) is 65.7 Å². The van der Waals surface area contributed by atoms with Crippen LogP contribution in [0.2, 0.25) is 5.02 Å². The van der Waals surface area contributed by atoms with Crippen LogP contribution in [0.4, 0.5) is 5.69 Å². The van der Waals surface area contributed by atoms with Gasteiger partial charge in [-0.2, -0.15) is 0 Å². The normalized spacial score (nSPS) is 10.5. The Balaban J connectivity index is 1.56. The third-order valence-corrected chi connectivity index (χ3v) is 4.91. The molecule has 0 radical (unpaired) electrons. The van der Waals surface area contributed by atoms with Crippen molar-refractivity contribution < 1.29 is 4.79 Å². The van der Waals surface area contributed by atoms with E-state index in [1.54, 1.807) is 24.3 Å². The zero-order valence-electron chi connectivity index (χ0n) is 14.3. The maximum absolute atomic E-state index is 12.0. The summed E-state index contributed by atoms with van der Waals surface area (Å²) in [5, 5.41) is 12.6. The first kappa shape index (κ1) is 18.4. The highest BCUT2D eigenvalue weighted by molar-refractivity contribution is 7.99. The van der Waals surface area contributed by atoms with Gasteiger partial charge in [-0.3, -0.25) is 4.79 Å². The summed E-state index contributed by atoms with van der Waals surface area (Å²) in [4.78, 5) is 12.0. The van der Waals surface area contributed by atoms with Crippen LogP contribution in [0.1, 0.15) is 12.5 Å². The Morgan fingerprint density at radius 2 is 1.88 bits per heavy atom. The van der Waals surface area contributed by atoms with Crippen molar-refractivity contribution in [2.75, 3.05) is 11.1 Å². The lowest BCUT2D eigenvalue weighted by atomic mass is 10.1. The summed E-state index contributed by atoms with van der Waals surface area (Å²) in [6, 6.07) is 19.2. The van der Waals surface area contributed by atoms with E-state index in [0.29, 0.717) is 15.7 Å². The van der Waals surface area contributed by atoms with Crippen LogP contribution in [0.5, 0.6) is 0 Å². The number of anilines is 1. The first-order chi connectivity index (χ1) is 12.6. The van der Waals surface area contributed by atoms with Crippen molar-refractivity contribution in [2.45, 2.75) is 18.4 Å². The number of rotatable bonds is 6. The maximum Gasteiger partial charge on any atom is 0.234 e. The number of carbonyl (C=O) groups is 1. The first-order valence-corrected chi connectivity index (χ1v) is 9.61. The molecule has 0 saturated heterocycles. The number of amides is 1. The number of halogens is 1. The molecule has 0 aliphatic carbocycles. The molecule has 3 rings (SSSR count). The Morgan fingerprint density at radius 3 is 2.54 bits per heavy atom. The van der Waals surface area contributed by atoms with E-state index in [4.69, 9.17) is 11.6 Å². The van der Waals surface area contributed by atoms with Gasteiger partial charge in [0.1, 0.15) is 5.03 Å². The van der Waals surface area contributed by atoms with Gasteiger partial charge in [-0.25, -0.2) is 0 Å². The fraction of sp³-hybridized carbons (Fsp3) is 0.150. The van der Waals surface area contributed by atoms with Crippen molar-refractivity contribution in [2.24, 2.45) is 0 Å². The minimum absolute atomic E-state index is 0.113. The molecular formula is C20H18ClN3OS. The van der Waals surface area contributed by atoms with Crippen LogP contribution < -0.4 is 5.32 Å². The van der Waals surface area contributed by atoms with Gasteiger partial charge in [0.05, 0.1) is 11.4 Å². The number of hydrogen-bond acceptors (Lipinski definition) is 4. The van der Waals surface area contributed by atoms with Crippen LogP contribution in [0.25, 0.3) is 11.3 Å². The second kappa shape index (κ2) is 8.83. The molecule has 132 valence electrons. The van der Waals surface area contributed by atoms with E-state index >= 15 is 0 Å². The Morgan fingerprint density at radius 1 is 1.08 bits per heavy atom. The van der Waals surface area contributed by atoms with E-state index in [1.165, 1.54) is 17.3 Å². The largest absolute Gasteiger partial charge is 0.325 e. The lowest BCUT2D eigenvalue weighted by molar-refractivity contribution is -0.113. The maximum atomic E-state index is 12.0. The van der Waals surface area contributed by atoms with Crippen molar-refractivity contribution in [3.63, 3.8) is 0 Å². The van der Waals surface area contributed by atoms with Crippen molar-refractivity contribution >= 4 is 35.0 Å². The lowest BCUT2D eigenvalue weighted by Gasteiger charge is -2.06. The molecule has 0 bridgehead atoms. The highest BCUT2D eigenvalue weighted by Gasteiger charge is 2.06. The van der Waals surface area contributed by atoms with Gasteiger partial charge in [-0.05, 0) is 42.3 Å². The fourth-order valence-electron chi connectivity index (χ4n) is 2.36. The smallest absolute Gasteiger partial charge is 0.234 e. The molecule has 1 amide bonds. The fourth-order valence-corrected chi connectivity index (χ4v) is 3.17. The van der Waals surface area contributed by atoms with Crippen molar-refractivity contribution in [3.05, 3.63) is 71.2 Å². The molecule has 1 heterocycles. The minimum atomic E-state index is -0.113. The van der Waals surface area contributed by atoms with E-state index in [-0.39, 0.29) is 11.7 Å². The van der Waals surface area contributed by atoms with Crippen LogP contribution in [-0.4, -0.2) is 21.9 Å². The topological polar surface area (TPSA) is 54.9 Å². The van der Waals surface area contributed by atoms with E-state index in [2.05, 4.69) is 34.6 Å². The average molecular weight is 384 g/mol. The van der Waals surface area contributed by atoms with Gasteiger partial charge < -0.3 is 5.32 Å². The number of hydrogen-bond donors (Lipinski definition) is 1. The monoisotopic (exact) mass is 383 g/mol. The summed E-state index contributed by atoms with van der Waals surface area (Å²) >= 11 is 7.25. The molecular weight excluding hydrogens is 366 g/mol. The molecule has 6 heteroatoms. The molecule has 1 aromatic heterocycles. The average Bonchev–Trinajstić information content (AvgIpc) is 2.67. The van der Waals surface area contributed by atoms with Gasteiger partial charge in [-0.1, -0.05) is 60.6 Å². The second-order valence-corrected chi connectivity index (χ2v) is 7.09. The molecule has 0 spiro atoms. The van der Waals surface area contributed by atoms with Gasteiger partial charge >= 0.3 is 0 Å². The standard InChI is InChI=1S/C20H18ClN3OS/c1-2-14-6-8-15(9-7-14)18-10-11-20(24-23-18)26-13-19(25)22-17-5-3-4-16(21)12-17/h3-12H,2,13H2,1H3,(H,22,25). The summed E-state index contributed by atoms with van der Waals surface area (Å²) in [7, 11) is 0. The van der Waals surface area contributed by atoms with Gasteiger partial charge in [0.2, 0.25) is 5.91 Å². The number of aromatic nitrogens is 2. The van der Waals surface area contributed by atoms with Crippen molar-refractivity contribution in [3.8, 4) is 11.3 Å². The second-order valence-electron chi connectivity index (χ2n) is 5.65. The molecule has 0 aliphatic rings. The van der Waals surface area contributed by atoms with E-state index < -0.39 is 0 Å². The van der Waals surface area contributed by atoms with Crippen LogP contribution in [-0.2, 0) is 11.2 Å². The number of carbonyl (C=O) groups excluding carboxylic acids is 1. The Labute approximate surface area is 162 Å². The molecule has 0 fully saturated rings. The van der Waals surface area contributed by atoms with Crippen LogP contribution in [0, 0.1) is 0 Å². The van der Waals surface area contributed by atoms with Crippen LogP contribution in [0.3, 0.4) is 0 Å². The van der Waals surface area contributed by atoms with Crippen molar-refractivity contribution in [1.29, 1.82) is 0 Å². The Bertz CT molecular complexity index is 882. The molecule has 26 heavy (non-hydrogen) atoms. The summed E-state index contributed by atoms with van der Waals surface area (Å²) < 4.78 is 0. The number of nitrogens with zero attached hydrogens (tertiary/aromatic N) is 2. The molecule has 0 unspecified atom stereocenters. The minimum Gasteiger partial charge on any atom is -0.325 e. The third-order valence-electron chi connectivity index (χ3n) is 3.76. The van der Waals surface area contributed by atoms with Gasteiger partial charge in [0, 0.05) is 16.3 Å². The predicted molar refractivity (Wildman–Crippen MR) is 108 cm³/mol. The molecule has 4 nitrogen and oxygen atoms in total. The quantitative estimate of drug-likeness (QED) is 0.602. The van der Waals surface area contributed by atoms with Gasteiger partial charge in [-0.15, -0.1) is 10.2 Å². The molecule has 0 atom stereocenters. The predicted octanol–water partition coefficient (Wildman–Crippen LogP) is 5.09. The van der Waals surface area contributed by atoms with Gasteiger partial charge in [0.25, 0.3) is 0 Å². The van der Waals surface area contributed by atoms with E-state index in [9.17, 15) is 4.79 Å². The third kappa shape index (κ3) is 5.07. The zero-order valence-corrected chi connectivity index (χ0v) is 15.8. The molecule has 0 aliphatic heterocycles. The summed E-state index contributed by atoms with van der Waals surface area (Å²) in [5.74, 6) is 0.143. The molecule has 2 aromatic carbocycles. The van der Waals surface area contributed by atoms with E-state index in [0.717, 1.165) is 17.7 Å². The molecule has 3 aromatic rings. The highest BCUT2D eigenvalue weighted by atomic mass is 35.5. The first-order valence-electron chi connectivity index (χ1n) is 8.25. The number of nitrogens with one attached hydrogen (secondary N) is 1. The lowest BCUT2D eigenvalue weighted by Crippen LogP contribution is -2.14. The number of thioether (sulfide) groups is 1. The van der Waals surface area contributed by atoms with E-state index in [1.807, 2.05) is 24.3 Å². The van der Waals surface area contributed by atoms with Crippen molar-refractivity contribution in [1.82, 2.24) is 10.2 Å². The zero-order chi connectivity index (χ0) is 18.4. The Hall–Kier alpha value is -2.37. The summed E-state index contributed by atoms with van der Waals surface area (Å²) in [6.45, 7) is 2.13. The van der Waals surface area contributed by atoms with Crippen LogP contribution >= 0.6 is 23.4 Å². The highest BCUT2D eigenvalue weighted by Crippen LogP contribution is 2.21. The Kier molecular flexibility index (Phi) is 6.26. The molecule has 1 N–H and O–H groups in total. The molecule has 0 saturated carbocycles. The summed E-state index contributed by atoms with van der Waals surface area (Å²) in [5.41, 5.74) is 3.82. The summed E-state index contributed by atoms with van der Waals surface area (Å²) in [6.07, 6.45) is 1.01. The van der Waals surface area contributed by atoms with Gasteiger partial charge in [0.15, 0.2) is 0 Å². The number of benzene rings is 2. The SMILES string of the molecule is CCc1ccc(-c2ccc(SCC(=O)Nc3cccc(Cl)c3)nn2)cc1. The number of aryl methyl sites for hydroxylation is 1.